The zero-order valence-electron chi connectivity index (χ0n) is 14.0. The molecule has 0 fully saturated rings. The third kappa shape index (κ3) is 3.62. The fraction of sp³-hybridized carbons (Fsp3) is 0.222. The second-order valence-corrected chi connectivity index (χ2v) is 5.96. The topological polar surface area (TPSA) is 98.1 Å². The van der Waals surface area contributed by atoms with Gasteiger partial charge in [-0.3, -0.25) is 9.78 Å². The first kappa shape index (κ1) is 17.4. The van der Waals surface area contributed by atoms with Crippen LogP contribution in [-0.4, -0.2) is 28.4 Å². The van der Waals surface area contributed by atoms with Gasteiger partial charge in [0.2, 0.25) is 5.91 Å². The Kier molecular flexibility index (Phi) is 4.80. The number of nitriles is 1. The highest BCUT2D eigenvalue weighted by atomic mass is 19.1. The van der Waals surface area contributed by atoms with Gasteiger partial charge in [-0.1, -0.05) is 6.07 Å². The molecule has 0 bridgehead atoms. The quantitative estimate of drug-likeness (QED) is 0.881. The average Bonchev–Trinajstić information content (AvgIpc) is 2.62. The largest absolute Gasteiger partial charge is 0.348 e. The van der Waals surface area contributed by atoms with Crippen LogP contribution in [0.15, 0.2) is 36.7 Å². The van der Waals surface area contributed by atoms with E-state index in [1.807, 2.05) is 6.07 Å². The fourth-order valence-electron chi connectivity index (χ4n) is 2.76. The molecule has 1 aliphatic heterocycles. The van der Waals surface area contributed by atoms with Gasteiger partial charge in [-0.15, -0.1) is 0 Å². The number of fused-ring (bicyclic) bond motifs is 1. The van der Waals surface area contributed by atoms with Crippen molar-refractivity contribution in [2.45, 2.75) is 19.5 Å². The van der Waals surface area contributed by atoms with Crippen molar-refractivity contribution in [3.8, 4) is 6.07 Å². The number of anilines is 1. The van der Waals surface area contributed by atoms with Crippen molar-refractivity contribution in [2.75, 3.05) is 11.9 Å². The molecule has 2 N–H and O–H groups in total. The summed E-state index contributed by atoms with van der Waals surface area (Å²) in [6, 6.07) is 6.66. The Labute approximate surface area is 149 Å². The second-order valence-electron chi connectivity index (χ2n) is 5.96. The third-order valence-corrected chi connectivity index (χ3v) is 4.10. The summed E-state index contributed by atoms with van der Waals surface area (Å²) >= 11 is 0. The summed E-state index contributed by atoms with van der Waals surface area (Å²) in [6.07, 6.45) is 3.21. The standard InChI is InChI=1S/C18H16FN5O2/c1-11(14-3-2-12(7-20)6-15(14)19)22-17(25)10-24-9-13-8-21-5-4-16(13)23-18(24)26/h2-6,8,11H,9-10H2,1H3,(H,22,25)(H,23,26)/t11-/m1/s1. The summed E-state index contributed by atoms with van der Waals surface area (Å²) in [5.74, 6) is -0.976. The van der Waals surface area contributed by atoms with Crippen molar-refractivity contribution in [1.82, 2.24) is 15.2 Å². The molecule has 0 radical (unpaired) electrons. The van der Waals surface area contributed by atoms with Gasteiger partial charge in [-0.2, -0.15) is 5.26 Å². The van der Waals surface area contributed by atoms with Gasteiger partial charge in [0.05, 0.1) is 29.9 Å². The van der Waals surface area contributed by atoms with E-state index in [-0.39, 0.29) is 30.2 Å². The van der Waals surface area contributed by atoms with E-state index >= 15 is 0 Å². The van der Waals surface area contributed by atoms with Crippen LogP contribution < -0.4 is 10.6 Å². The Morgan fingerprint density at radius 2 is 2.31 bits per heavy atom. The number of aromatic nitrogens is 1. The maximum Gasteiger partial charge on any atom is 0.322 e. The number of hydrogen-bond acceptors (Lipinski definition) is 4. The molecular formula is C18H16FN5O2. The van der Waals surface area contributed by atoms with Crippen LogP contribution in [0.5, 0.6) is 0 Å². The zero-order valence-corrected chi connectivity index (χ0v) is 14.0. The monoisotopic (exact) mass is 353 g/mol. The van der Waals surface area contributed by atoms with Crippen LogP contribution in [0, 0.1) is 17.1 Å². The number of nitrogens with zero attached hydrogens (tertiary/aromatic N) is 3. The van der Waals surface area contributed by atoms with Crippen LogP contribution in [0.4, 0.5) is 14.9 Å². The first-order valence-electron chi connectivity index (χ1n) is 7.95. The maximum atomic E-state index is 14.0. The minimum Gasteiger partial charge on any atom is -0.348 e. The summed E-state index contributed by atoms with van der Waals surface area (Å²) in [6.45, 7) is 1.74. The van der Waals surface area contributed by atoms with E-state index in [0.717, 1.165) is 11.6 Å². The molecule has 2 aromatic rings. The SMILES string of the molecule is C[C@@H](NC(=O)CN1Cc2cnccc2NC1=O)c1ccc(C#N)cc1F. The molecular weight excluding hydrogens is 337 g/mol. The maximum absolute atomic E-state index is 14.0. The van der Waals surface area contributed by atoms with Gasteiger partial charge in [-0.05, 0) is 25.1 Å². The number of nitrogens with one attached hydrogen (secondary N) is 2. The van der Waals surface area contributed by atoms with Crippen molar-refractivity contribution in [1.29, 1.82) is 5.26 Å². The molecule has 1 aliphatic rings. The lowest BCUT2D eigenvalue weighted by Crippen LogP contribution is -2.45. The molecule has 0 saturated heterocycles. The minimum atomic E-state index is -0.600. The molecule has 1 aromatic heterocycles. The fourth-order valence-corrected chi connectivity index (χ4v) is 2.76. The summed E-state index contributed by atoms with van der Waals surface area (Å²) in [7, 11) is 0. The molecule has 0 unspecified atom stereocenters. The number of amides is 3. The van der Waals surface area contributed by atoms with Gasteiger partial charge < -0.3 is 15.5 Å². The number of urea groups is 1. The molecule has 7 nitrogen and oxygen atoms in total. The van der Waals surface area contributed by atoms with Crippen LogP contribution in [0.1, 0.15) is 29.7 Å². The zero-order chi connectivity index (χ0) is 18.7. The molecule has 3 rings (SSSR count). The minimum absolute atomic E-state index is 0.164. The van der Waals surface area contributed by atoms with Crippen LogP contribution in [-0.2, 0) is 11.3 Å². The van der Waals surface area contributed by atoms with Crippen LogP contribution in [0.2, 0.25) is 0 Å². The van der Waals surface area contributed by atoms with E-state index in [1.54, 1.807) is 25.4 Å². The predicted octanol–water partition coefficient (Wildman–Crippen LogP) is 2.32. The molecule has 3 amide bonds. The first-order chi connectivity index (χ1) is 12.5. The summed E-state index contributed by atoms with van der Waals surface area (Å²) in [5, 5.41) is 14.1. The van der Waals surface area contributed by atoms with E-state index in [2.05, 4.69) is 15.6 Å². The molecule has 0 aliphatic carbocycles. The molecule has 1 atom stereocenters. The molecule has 0 spiro atoms. The number of rotatable bonds is 4. The van der Waals surface area contributed by atoms with E-state index in [4.69, 9.17) is 5.26 Å². The summed E-state index contributed by atoms with van der Waals surface area (Å²) < 4.78 is 14.0. The van der Waals surface area contributed by atoms with E-state index in [9.17, 15) is 14.0 Å². The number of carbonyl (C=O) groups excluding carboxylic acids is 2. The van der Waals surface area contributed by atoms with Gasteiger partial charge >= 0.3 is 6.03 Å². The second kappa shape index (κ2) is 7.19. The van der Waals surface area contributed by atoms with Crippen molar-refractivity contribution in [3.63, 3.8) is 0 Å². The lowest BCUT2D eigenvalue weighted by molar-refractivity contribution is -0.122. The average molecular weight is 353 g/mol. The molecule has 2 heterocycles. The Balaban J connectivity index is 1.64. The molecule has 0 saturated carbocycles. The molecule has 8 heteroatoms. The van der Waals surface area contributed by atoms with Crippen molar-refractivity contribution >= 4 is 17.6 Å². The van der Waals surface area contributed by atoms with Gasteiger partial charge in [-0.25, -0.2) is 9.18 Å². The van der Waals surface area contributed by atoms with E-state index < -0.39 is 17.8 Å². The lowest BCUT2D eigenvalue weighted by atomic mass is 10.1. The highest BCUT2D eigenvalue weighted by Gasteiger charge is 2.25. The van der Waals surface area contributed by atoms with Crippen molar-refractivity contribution in [2.24, 2.45) is 0 Å². The van der Waals surface area contributed by atoms with Crippen molar-refractivity contribution in [3.05, 3.63) is 59.2 Å². The highest BCUT2D eigenvalue weighted by molar-refractivity contribution is 5.94. The number of hydrogen-bond donors (Lipinski definition) is 2. The van der Waals surface area contributed by atoms with Crippen LogP contribution in [0.3, 0.4) is 0 Å². The van der Waals surface area contributed by atoms with Crippen molar-refractivity contribution < 1.29 is 14.0 Å². The molecule has 26 heavy (non-hydrogen) atoms. The van der Waals surface area contributed by atoms with Gasteiger partial charge in [0.25, 0.3) is 0 Å². The van der Waals surface area contributed by atoms with Gasteiger partial charge in [0, 0.05) is 23.5 Å². The number of pyridine rings is 1. The van der Waals surface area contributed by atoms with Crippen LogP contribution in [0.25, 0.3) is 0 Å². The number of halogens is 1. The Bertz CT molecular complexity index is 909. The number of carbonyl (C=O) groups is 2. The summed E-state index contributed by atoms with van der Waals surface area (Å²) in [5.41, 5.74) is 1.97. The highest BCUT2D eigenvalue weighted by Crippen LogP contribution is 2.22. The Morgan fingerprint density at radius 1 is 1.50 bits per heavy atom. The first-order valence-corrected chi connectivity index (χ1v) is 7.95. The Morgan fingerprint density at radius 3 is 3.04 bits per heavy atom. The van der Waals surface area contributed by atoms with Crippen LogP contribution >= 0.6 is 0 Å². The van der Waals surface area contributed by atoms with E-state index in [0.29, 0.717) is 5.69 Å². The van der Waals surface area contributed by atoms with Gasteiger partial charge in [0.1, 0.15) is 12.4 Å². The summed E-state index contributed by atoms with van der Waals surface area (Å²) in [4.78, 5) is 29.7. The van der Waals surface area contributed by atoms with E-state index in [1.165, 1.54) is 17.0 Å². The third-order valence-electron chi connectivity index (χ3n) is 4.10. The predicted molar refractivity (Wildman–Crippen MR) is 91.3 cm³/mol. The molecule has 1 aromatic carbocycles. The molecule has 132 valence electrons. The smallest absolute Gasteiger partial charge is 0.322 e. The lowest BCUT2D eigenvalue weighted by Gasteiger charge is -2.29. The van der Waals surface area contributed by atoms with Gasteiger partial charge in [0.15, 0.2) is 0 Å². The Hall–Kier alpha value is -3.47. The normalized spacial score (nSPS) is 14.0. The number of benzene rings is 1.